The molecule has 0 aliphatic heterocycles. The van der Waals surface area contributed by atoms with Crippen LogP contribution in [0.1, 0.15) is 79.8 Å². The van der Waals surface area contributed by atoms with Crippen molar-refractivity contribution in [3.63, 3.8) is 0 Å². The summed E-state index contributed by atoms with van der Waals surface area (Å²) in [5.41, 5.74) is 4.91. The first kappa shape index (κ1) is 29.7. The van der Waals surface area contributed by atoms with Gasteiger partial charge in [-0.2, -0.15) is 11.8 Å². The topological polar surface area (TPSA) is 66.4 Å². The molecule has 0 radical (unpaired) electrons. The fraction of sp³-hybridized carbons (Fsp3) is 0.548. The smallest absolute Gasteiger partial charge is 0.326 e. The Hall–Kier alpha value is -1.84. The number of amides is 1. The maximum Gasteiger partial charge on any atom is 0.326 e. The van der Waals surface area contributed by atoms with Gasteiger partial charge in [0.05, 0.1) is 0 Å². The number of carbonyl (C=O) groups excluding carboxylic acids is 1. The quantitative estimate of drug-likeness (QED) is 0.238. The maximum absolute atomic E-state index is 13.4. The van der Waals surface area contributed by atoms with Gasteiger partial charge >= 0.3 is 5.97 Å². The summed E-state index contributed by atoms with van der Waals surface area (Å²) in [7, 11) is -0.0897. The summed E-state index contributed by atoms with van der Waals surface area (Å²) in [6.07, 6.45) is 15.6. The molecule has 3 rings (SSSR count). The molecule has 2 aromatic rings. The Morgan fingerprint density at radius 3 is 2.54 bits per heavy atom. The molecule has 2 atom stereocenters. The van der Waals surface area contributed by atoms with Crippen molar-refractivity contribution in [1.82, 2.24) is 5.32 Å². The van der Waals surface area contributed by atoms with Gasteiger partial charge < -0.3 is 10.4 Å². The molecule has 202 valence electrons. The van der Waals surface area contributed by atoms with E-state index < -0.39 is 12.0 Å². The zero-order valence-electron chi connectivity index (χ0n) is 22.8. The van der Waals surface area contributed by atoms with E-state index in [9.17, 15) is 14.7 Å². The Kier molecular flexibility index (Phi) is 12.5. The lowest BCUT2D eigenvalue weighted by Crippen LogP contribution is -2.41. The van der Waals surface area contributed by atoms with E-state index in [1.165, 1.54) is 62.8 Å². The SMILES string of the molecule is CCCCP(Cc1ccc(C(=O)NC(CCSC)C(=O)O)c(-c2ccccc2C)c1)CC1CCCCC1. The van der Waals surface area contributed by atoms with Crippen LogP contribution in [0.2, 0.25) is 0 Å². The summed E-state index contributed by atoms with van der Waals surface area (Å²) < 4.78 is 0. The molecule has 0 bridgehead atoms. The second-order valence-corrected chi connectivity index (χ2v) is 13.9. The number of benzene rings is 2. The average molecular weight is 542 g/mol. The molecule has 2 N–H and O–H groups in total. The molecular weight excluding hydrogens is 497 g/mol. The highest BCUT2D eigenvalue weighted by Gasteiger charge is 2.24. The normalized spacial score (nSPS) is 15.8. The lowest BCUT2D eigenvalue weighted by Gasteiger charge is -2.27. The van der Waals surface area contributed by atoms with Gasteiger partial charge in [-0.3, -0.25) is 4.79 Å². The molecule has 2 aromatic carbocycles. The van der Waals surface area contributed by atoms with Crippen molar-refractivity contribution < 1.29 is 14.7 Å². The first-order valence-electron chi connectivity index (χ1n) is 13.9. The van der Waals surface area contributed by atoms with Crippen LogP contribution >= 0.6 is 19.7 Å². The largest absolute Gasteiger partial charge is 0.480 e. The first-order valence-corrected chi connectivity index (χ1v) is 17.2. The van der Waals surface area contributed by atoms with Crippen LogP contribution in [0, 0.1) is 12.8 Å². The third-order valence-electron chi connectivity index (χ3n) is 7.45. The standard InChI is InChI=1S/C31H44NO3PS/c1-4-5-18-36(21-24-12-7-6-8-13-24)22-25-15-16-27(28(20-25)26-14-10-9-11-23(26)2)30(33)32-29(31(34)35)17-19-37-3/h9-11,14-16,20,24,29H,4-8,12-13,17-19,21-22H2,1-3H3,(H,32,33)(H,34,35). The van der Waals surface area contributed by atoms with E-state index in [4.69, 9.17) is 0 Å². The van der Waals surface area contributed by atoms with Crippen LogP contribution in [0.25, 0.3) is 11.1 Å². The second kappa shape index (κ2) is 15.5. The Balaban J connectivity index is 1.89. The van der Waals surface area contributed by atoms with E-state index in [1.807, 2.05) is 24.5 Å². The van der Waals surface area contributed by atoms with Gasteiger partial charge in [0.1, 0.15) is 6.04 Å². The van der Waals surface area contributed by atoms with Gasteiger partial charge in [-0.1, -0.05) is 75.8 Å². The van der Waals surface area contributed by atoms with Crippen molar-refractivity contribution in [2.75, 3.05) is 24.3 Å². The van der Waals surface area contributed by atoms with Crippen molar-refractivity contribution in [3.05, 3.63) is 59.2 Å². The predicted molar refractivity (Wildman–Crippen MR) is 160 cm³/mol. The molecule has 1 aliphatic rings. The summed E-state index contributed by atoms with van der Waals surface area (Å²) in [6.45, 7) is 4.35. The summed E-state index contributed by atoms with van der Waals surface area (Å²) in [4.78, 5) is 25.2. The van der Waals surface area contributed by atoms with Crippen LogP contribution in [-0.4, -0.2) is 47.4 Å². The number of unbranched alkanes of at least 4 members (excludes halogenated alkanes) is 1. The van der Waals surface area contributed by atoms with Crippen LogP contribution < -0.4 is 5.32 Å². The van der Waals surface area contributed by atoms with Gasteiger partial charge in [0.2, 0.25) is 0 Å². The van der Waals surface area contributed by atoms with Gasteiger partial charge in [-0.05, 0) is 90.6 Å². The molecule has 2 unspecified atom stereocenters. The van der Waals surface area contributed by atoms with Crippen LogP contribution in [0.3, 0.4) is 0 Å². The number of nitrogens with one attached hydrogen (secondary N) is 1. The van der Waals surface area contributed by atoms with Gasteiger partial charge in [-0.15, -0.1) is 7.92 Å². The number of hydrogen-bond donors (Lipinski definition) is 2. The lowest BCUT2D eigenvalue weighted by atomic mass is 9.91. The monoisotopic (exact) mass is 541 g/mol. The number of carboxylic acid groups (broad SMARTS) is 1. The highest BCUT2D eigenvalue weighted by atomic mass is 32.2. The predicted octanol–water partition coefficient (Wildman–Crippen LogP) is 7.96. The number of carbonyl (C=O) groups is 2. The van der Waals surface area contributed by atoms with E-state index in [2.05, 4.69) is 43.4 Å². The number of hydrogen-bond acceptors (Lipinski definition) is 3. The third-order valence-corrected chi connectivity index (χ3v) is 10.9. The minimum atomic E-state index is -0.985. The summed E-state index contributed by atoms with van der Waals surface area (Å²) in [6, 6.07) is 13.5. The van der Waals surface area contributed by atoms with Gasteiger partial charge in [-0.25, -0.2) is 4.79 Å². The van der Waals surface area contributed by atoms with Crippen molar-refractivity contribution in [3.8, 4) is 11.1 Å². The fourth-order valence-electron chi connectivity index (χ4n) is 5.32. The highest BCUT2D eigenvalue weighted by molar-refractivity contribution is 7.98. The van der Waals surface area contributed by atoms with E-state index in [0.717, 1.165) is 28.8 Å². The highest BCUT2D eigenvalue weighted by Crippen LogP contribution is 2.46. The van der Waals surface area contributed by atoms with E-state index in [1.54, 1.807) is 11.8 Å². The molecule has 0 spiro atoms. The molecular formula is C31H44NO3PS. The molecule has 0 heterocycles. The molecule has 37 heavy (non-hydrogen) atoms. The third kappa shape index (κ3) is 9.14. The van der Waals surface area contributed by atoms with E-state index >= 15 is 0 Å². The molecule has 6 heteroatoms. The summed E-state index contributed by atoms with van der Waals surface area (Å²) in [5.74, 6) is 0.268. The van der Waals surface area contributed by atoms with E-state index in [-0.39, 0.29) is 13.8 Å². The maximum atomic E-state index is 13.4. The minimum absolute atomic E-state index is 0.0897. The molecule has 0 aromatic heterocycles. The Labute approximate surface area is 229 Å². The molecule has 1 fully saturated rings. The number of thioether (sulfide) groups is 1. The van der Waals surface area contributed by atoms with Crippen molar-refractivity contribution >= 4 is 31.6 Å². The first-order chi connectivity index (χ1) is 17.9. The fourth-order valence-corrected chi connectivity index (χ4v) is 8.84. The zero-order valence-corrected chi connectivity index (χ0v) is 24.5. The number of aliphatic carboxylic acids is 1. The van der Waals surface area contributed by atoms with Gasteiger partial charge in [0, 0.05) is 5.56 Å². The van der Waals surface area contributed by atoms with Crippen LogP contribution in [0.5, 0.6) is 0 Å². The van der Waals surface area contributed by atoms with Crippen LogP contribution in [0.4, 0.5) is 0 Å². The molecule has 1 amide bonds. The number of rotatable bonds is 14. The Morgan fingerprint density at radius 2 is 1.86 bits per heavy atom. The van der Waals surface area contributed by atoms with E-state index in [0.29, 0.717) is 17.7 Å². The molecule has 0 saturated heterocycles. The number of aryl methyl sites for hydroxylation is 1. The summed E-state index contributed by atoms with van der Waals surface area (Å²) in [5, 5.41) is 12.4. The lowest BCUT2D eigenvalue weighted by molar-refractivity contribution is -0.139. The Morgan fingerprint density at radius 1 is 1.11 bits per heavy atom. The molecule has 1 saturated carbocycles. The molecule has 1 aliphatic carbocycles. The van der Waals surface area contributed by atoms with Crippen LogP contribution in [-0.2, 0) is 11.0 Å². The number of carboxylic acids is 1. The second-order valence-electron chi connectivity index (χ2n) is 10.4. The van der Waals surface area contributed by atoms with Crippen molar-refractivity contribution in [1.29, 1.82) is 0 Å². The minimum Gasteiger partial charge on any atom is -0.480 e. The zero-order chi connectivity index (χ0) is 26.6. The van der Waals surface area contributed by atoms with Gasteiger partial charge in [0.15, 0.2) is 0 Å². The van der Waals surface area contributed by atoms with Crippen molar-refractivity contribution in [2.24, 2.45) is 5.92 Å². The van der Waals surface area contributed by atoms with Crippen LogP contribution in [0.15, 0.2) is 42.5 Å². The average Bonchev–Trinajstić information content (AvgIpc) is 2.90. The molecule has 4 nitrogen and oxygen atoms in total. The summed E-state index contributed by atoms with van der Waals surface area (Å²) >= 11 is 1.58. The Bertz CT molecular complexity index is 1020. The van der Waals surface area contributed by atoms with Crippen molar-refractivity contribution in [2.45, 2.75) is 77.4 Å². The van der Waals surface area contributed by atoms with Gasteiger partial charge in [0.25, 0.3) is 5.91 Å².